The maximum absolute atomic E-state index is 12.9. The molecule has 2 aromatic carbocycles. The number of hydrogen-bond acceptors (Lipinski definition) is 13. The minimum absolute atomic E-state index is 0.0149. The summed E-state index contributed by atoms with van der Waals surface area (Å²) in [5.74, 6) is -3.46. The SMILES string of the molecule is C[C@@]12C[C@@]3(O)O[C@@H](O1)C1(COC(=O)c4ccc(O)cc4)[C@H]3C[C@@]12O[C@@H]1O[C@H](COC(=O)c2ccccc2)[C@@H](O)[C@H](O)[C@H]1O. The van der Waals surface area contributed by atoms with Crippen LogP contribution in [0.5, 0.6) is 5.75 Å². The molecule has 13 nitrogen and oxygen atoms in total. The van der Waals surface area contributed by atoms with Crippen LogP contribution in [0.2, 0.25) is 0 Å². The zero-order chi connectivity index (χ0) is 30.4. The highest BCUT2D eigenvalue weighted by Crippen LogP contribution is 2.81. The Kier molecular flexibility index (Phi) is 6.44. The normalized spacial score (nSPS) is 43.7. The Balaban J connectivity index is 1.12. The van der Waals surface area contributed by atoms with E-state index in [1.165, 1.54) is 24.3 Å². The van der Waals surface area contributed by atoms with Gasteiger partial charge in [-0.1, -0.05) is 18.2 Å². The van der Waals surface area contributed by atoms with E-state index in [1.807, 2.05) is 0 Å². The molecule has 0 amide bonds. The fraction of sp³-hybridized carbons (Fsp3) is 0.533. The Labute approximate surface area is 245 Å². The molecule has 3 saturated carbocycles. The van der Waals surface area contributed by atoms with Gasteiger partial charge in [-0.25, -0.2) is 9.59 Å². The molecule has 4 heterocycles. The smallest absolute Gasteiger partial charge is 0.338 e. The molecule has 3 aliphatic carbocycles. The number of carbonyl (C=O) groups is 2. The summed E-state index contributed by atoms with van der Waals surface area (Å²) in [4.78, 5) is 25.4. The van der Waals surface area contributed by atoms with Gasteiger partial charge in [0, 0.05) is 12.3 Å². The topological polar surface area (TPSA) is 191 Å². The van der Waals surface area contributed by atoms with Crippen LogP contribution in [0.4, 0.5) is 0 Å². The Hall–Kier alpha value is -3.14. The summed E-state index contributed by atoms with van der Waals surface area (Å²) in [5, 5.41) is 53.2. The number of benzene rings is 2. The van der Waals surface area contributed by atoms with Crippen LogP contribution in [0.1, 0.15) is 40.5 Å². The maximum atomic E-state index is 12.9. The average molecular weight is 601 g/mol. The van der Waals surface area contributed by atoms with Crippen molar-refractivity contribution >= 4 is 11.9 Å². The van der Waals surface area contributed by atoms with Gasteiger partial charge in [0.1, 0.15) is 54.6 Å². The Morgan fingerprint density at radius 2 is 1.58 bits per heavy atom. The van der Waals surface area contributed by atoms with Crippen molar-refractivity contribution < 1.29 is 63.5 Å². The lowest BCUT2D eigenvalue weighted by Gasteiger charge is -2.67. The largest absolute Gasteiger partial charge is 0.508 e. The lowest BCUT2D eigenvalue weighted by molar-refractivity contribution is -0.424. The summed E-state index contributed by atoms with van der Waals surface area (Å²) >= 11 is 0. The van der Waals surface area contributed by atoms with Crippen molar-refractivity contribution in [2.75, 3.05) is 13.2 Å². The number of phenols is 1. The summed E-state index contributed by atoms with van der Waals surface area (Å²) in [6.07, 6.45) is -8.57. The van der Waals surface area contributed by atoms with Crippen LogP contribution in [0.3, 0.4) is 0 Å². The molecule has 0 aromatic heterocycles. The van der Waals surface area contributed by atoms with Crippen LogP contribution in [0.25, 0.3) is 0 Å². The molecule has 2 aromatic rings. The van der Waals surface area contributed by atoms with Crippen molar-refractivity contribution in [3.8, 4) is 5.75 Å². The predicted molar refractivity (Wildman–Crippen MR) is 140 cm³/mol. The third-order valence-corrected chi connectivity index (χ3v) is 9.87. The van der Waals surface area contributed by atoms with E-state index < -0.39 is 83.9 Å². The highest BCUT2D eigenvalue weighted by Gasteiger charge is 2.94. The average Bonchev–Trinajstić information content (AvgIpc) is 3.18. The van der Waals surface area contributed by atoms with E-state index in [1.54, 1.807) is 37.3 Å². The Bertz CT molecular complexity index is 1420. The summed E-state index contributed by atoms with van der Waals surface area (Å²) in [6, 6.07) is 13.7. The highest BCUT2D eigenvalue weighted by atomic mass is 16.8. The molecule has 7 fully saturated rings. The summed E-state index contributed by atoms with van der Waals surface area (Å²) < 4.78 is 35.6. The molecule has 230 valence electrons. The molecular formula is C30H32O13. The van der Waals surface area contributed by atoms with Gasteiger partial charge in [-0.2, -0.15) is 0 Å². The lowest BCUT2D eigenvalue weighted by Crippen LogP contribution is -2.80. The summed E-state index contributed by atoms with van der Waals surface area (Å²) in [5.41, 5.74) is -3.18. The number of phenolic OH excluding ortho intramolecular Hbond substituents is 1. The molecule has 4 aliphatic heterocycles. The van der Waals surface area contributed by atoms with Gasteiger partial charge in [-0.15, -0.1) is 0 Å². The summed E-state index contributed by atoms with van der Waals surface area (Å²) in [7, 11) is 0. The number of aliphatic hydroxyl groups is 4. The molecule has 13 heteroatoms. The van der Waals surface area contributed by atoms with E-state index in [2.05, 4.69) is 0 Å². The van der Waals surface area contributed by atoms with Gasteiger partial charge in [0.15, 0.2) is 18.4 Å². The lowest BCUT2D eigenvalue weighted by atomic mass is 9.41. The quantitative estimate of drug-likeness (QED) is 0.259. The second-order valence-electron chi connectivity index (χ2n) is 12.2. The molecule has 0 radical (unpaired) electrons. The van der Waals surface area contributed by atoms with Crippen molar-refractivity contribution in [2.24, 2.45) is 11.3 Å². The zero-order valence-electron chi connectivity index (χ0n) is 23.1. The van der Waals surface area contributed by atoms with E-state index in [4.69, 9.17) is 28.4 Å². The third-order valence-electron chi connectivity index (χ3n) is 9.87. The van der Waals surface area contributed by atoms with E-state index in [9.17, 15) is 35.1 Å². The third kappa shape index (κ3) is 3.93. The first-order chi connectivity index (χ1) is 20.4. The predicted octanol–water partition coefficient (Wildman–Crippen LogP) is 0.213. The van der Waals surface area contributed by atoms with E-state index in [0.717, 1.165) is 0 Å². The zero-order valence-corrected chi connectivity index (χ0v) is 23.1. The van der Waals surface area contributed by atoms with Gasteiger partial charge in [-0.05, 0) is 49.7 Å². The number of rotatable bonds is 8. The molecule has 9 rings (SSSR count). The monoisotopic (exact) mass is 600 g/mol. The van der Waals surface area contributed by atoms with Crippen LogP contribution in [-0.4, -0.2) is 105 Å². The van der Waals surface area contributed by atoms with Crippen LogP contribution >= 0.6 is 0 Å². The molecule has 5 N–H and O–H groups in total. The minimum atomic E-state index is -1.71. The second kappa shape index (κ2) is 9.68. The maximum Gasteiger partial charge on any atom is 0.338 e. The van der Waals surface area contributed by atoms with Crippen LogP contribution in [-0.2, 0) is 28.4 Å². The molecule has 1 unspecified atom stereocenters. The highest BCUT2D eigenvalue weighted by molar-refractivity contribution is 5.90. The van der Waals surface area contributed by atoms with Crippen molar-refractivity contribution in [2.45, 2.75) is 73.8 Å². The number of aliphatic hydroxyl groups excluding tert-OH is 3. The van der Waals surface area contributed by atoms with Gasteiger partial charge in [-0.3, -0.25) is 0 Å². The van der Waals surface area contributed by atoms with Gasteiger partial charge in [0.2, 0.25) is 0 Å². The van der Waals surface area contributed by atoms with Crippen LogP contribution < -0.4 is 0 Å². The van der Waals surface area contributed by atoms with Gasteiger partial charge in [0.05, 0.1) is 16.5 Å². The van der Waals surface area contributed by atoms with Crippen LogP contribution in [0, 0.1) is 11.3 Å². The van der Waals surface area contributed by atoms with Crippen molar-refractivity contribution in [3.63, 3.8) is 0 Å². The van der Waals surface area contributed by atoms with Crippen molar-refractivity contribution in [3.05, 3.63) is 65.7 Å². The minimum Gasteiger partial charge on any atom is -0.508 e. The number of carbonyl (C=O) groups excluding carboxylic acids is 2. The van der Waals surface area contributed by atoms with Crippen molar-refractivity contribution in [1.29, 1.82) is 0 Å². The van der Waals surface area contributed by atoms with Gasteiger partial charge in [0.25, 0.3) is 0 Å². The van der Waals surface area contributed by atoms with E-state index in [0.29, 0.717) is 0 Å². The number of ether oxygens (including phenoxy) is 6. The first kappa shape index (κ1) is 28.6. The molecule has 6 bridgehead atoms. The number of hydrogen-bond donors (Lipinski definition) is 5. The first-order valence-electron chi connectivity index (χ1n) is 14.1. The van der Waals surface area contributed by atoms with E-state index in [-0.39, 0.29) is 36.3 Å². The number of esters is 2. The molecule has 7 aliphatic rings. The van der Waals surface area contributed by atoms with Crippen molar-refractivity contribution in [1.82, 2.24) is 0 Å². The second-order valence-corrected chi connectivity index (χ2v) is 12.2. The molecule has 0 spiro atoms. The van der Waals surface area contributed by atoms with Crippen LogP contribution in [0.15, 0.2) is 54.6 Å². The standard InChI is InChI=1S/C30H32O13/c1-27-13-29(37)19-11-30(27,28(19,26(42-27)43-29)14-39-24(36)16-7-9-17(31)10-8-16)41-25-22(34)21(33)20(32)18(40-25)12-38-23(35)15-5-3-2-4-6-15/h2-10,18-22,25-26,31-34,37H,11-14H2,1H3/t18-,19-,20-,21+,22-,25+,26-,27+,28?,29-,30+/m1/s1. The van der Waals surface area contributed by atoms with Gasteiger partial charge < -0.3 is 54.0 Å². The molecule has 43 heavy (non-hydrogen) atoms. The first-order valence-corrected chi connectivity index (χ1v) is 14.1. The fourth-order valence-electron chi connectivity index (χ4n) is 7.70. The molecular weight excluding hydrogens is 568 g/mol. The van der Waals surface area contributed by atoms with E-state index >= 15 is 0 Å². The summed E-state index contributed by atoms with van der Waals surface area (Å²) in [6.45, 7) is 1.01. The Morgan fingerprint density at radius 3 is 2.30 bits per heavy atom. The molecule has 4 saturated heterocycles. The Morgan fingerprint density at radius 1 is 0.907 bits per heavy atom. The van der Waals surface area contributed by atoms with Gasteiger partial charge >= 0.3 is 11.9 Å². The fourth-order valence-corrected chi connectivity index (χ4v) is 7.70. The molecule has 11 atom stereocenters. The number of aromatic hydroxyl groups is 1.